The van der Waals surface area contributed by atoms with Crippen molar-refractivity contribution in [3.05, 3.63) is 24.1 Å². The van der Waals surface area contributed by atoms with Crippen molar-refractivity contribution in [2.24, 2.45) is 0 Å². The van der Waals surface area contributed by atoms with Crippen LogP contribution in [0.2, 0.25) is 0 Å². The van der Waals surface area contributed by atoms with E-state index >= 15 is 0 Å². The van der Waals surface area contributed by atoms with Gasteiger partial charge in [-0.2, -0.15) is 0 Å². The Morgan fingerprint density at radius 3 is 3.00 bits per heavy atom. The Labute approximate surface area is 75.0 Å². The molecule has 1 aliphatic carbocycles. The first kappa shape index (κ1) is 6.95. The minimum Gasteiger partial charge on any atom is -0.508 e. The van der Waals surface area contributed by atoms with Gasteiger partial charge in [0.15, 0.2) is 11.5 Å². The predicted molar refractivity (Wildman–Crippen MR) is 47.6 cm³/mol. The summed E-state index contributed by atoms with van der Waals surface area (Å²) in [6.07, 6.45) is 2.36. The van der Waals surface area contributed by atoms with E-state index in [-0.39, 0.29) is 5.75 Å². The number of phenolic OH excluding ortho intramolecular Hbond substituents is 1. The topological polar surface area (TPSA) is 46.3 Å². The third-order valence-corrected chi connectivity index (χ3v) is 2.32. The van der Waals surface area contributed by atoms with Gasteiger partial charge in [0.2, 0.25) is 0 Å². The Balaban J connectivity index is 2.20. The zero-order chi connectivity index (χ0) is 8.84. The fraction of sp³-hybridized carbons (Fsp3) is 0.300. The molecule has 3 rings (SSSR count). The number of hydrogen-bond acceptors (Lipinski definition) is 3. The van der Waals surface area contributed by atoms with E-state index in [1.807, 2.05) is 0 Å². The summed E-state index contributed by atoms with van der Waals surface area (Å²) in [4.78, 5) is 4.34. The molecule has 1 N–H and O–H groups in total. The molecule has 0 aliphatic heterocycles. The highest BCUT2D eigenvalue weighted by molar-refractivity contribution is 5.74. The van der Waals surface area contributed by atoms with Gasteiger partial charge in [-0.05, 0) is 25.0 Å². The molecule has 0 amide bonds. The summed E-state index contributed by atoms with van der Waals surface area (Å²) in [6.45, 7) is 0. The van der Waals surface area contributed by atoms with Crippen LogP contribution in [0.3, 0.4) is 0 Å². The molecular formula is C10H9NO2. The Hall–Kier alpha value is -1.51. The van der Waals surface area contributed by atoms with Crippen molar-refractivity contribution in [1.29, 1.82) is 0 Å². The third-order valence-electron chi connectivity index (χ3n) is 2.32. The first-order valence-corrected chi connectivity index (χ1v) is 4.42. The van der Waals surface area contributed by atoms with Gasteiger partial charge in [0, 0.05) is 12.0 Å². The Morgan fingerprint density at radius 1 is 1.38 bits per heavy atom. The van der Waals surface area contributed by atoms with E-state index in [1.54, 1.807) is 18.2 Å². The van der Waals surface area contributed by atoms with Crippen molar-refractivity contribution in [1.82, 2.24) is 4.98 Å². The summed E-state index contributed by atoms with van der Waals surface area (Å²) < 4.78 is 5.50. The van der Waals surface area contributed by atoms with Gasteiger partial charge in [0.05, 0.1) is 0 Å². The van der Waals surface area contributed by atoms with E-state index in [2.05, 4.69) is 4.98 Å². The van der Waals surface area contributed by atoms with E-state index in [1.165, 1.54) is 12.8 Å². The van der Waals surface area contributed by atoms with Crippen LogP contribution in [-0.4, -0.2) is 10.1 Å². The molecular weight excluding hydrogens is 166 g/mol. The van der Waals surface area contributed by atoms with Crippen molar-refractivity contribution < 1.29 is 9.52 Å². The van der Waals surface area contributed by atoms with Crippen LogP contribution in [0.15, 0.2) is 22.6 Å². The molecule has 1 heterocycles. The minimum absolute atomic E-state index is 0.228. The van der Waals surface area contributed by atoms with Crippen LogP contribution < -0.4 is 0 Å². The number of nitrogens with zero attached hydrogens (tertiary/aromatic N) is 1. The van der Waals surface area contributed by atoms with Gasteiger partial charge in [-0.1, -0.05) is 0 Å². The lowest BCUT2D eigenvalue weighted by molar-refractivity contribution is 0.473. The number of rotatable bonds is 1. The summed E-state index contributed by atoms with van der Waals surface area (Å²) in [5, 5.41) is 9.21. The van der Waals surface area contributed by atoms with Gasteiger partial charge in [-0.25, -0.2) is 4.98 Å². The zero-order valence-electron chi connectivity index (χ0n) is 7.03. The molecule has 1 fully saturated rings. The van der Waals surface area contributed by atoms with E-state index < -0.39 is 0 Å². The first-order chi connectivity index (χ1) is 6.33. The third kappa shape index (κ3) is 1.08. The predicted octanol–water partition coefficient (Wildman–Crippen LogP) is 2.41. The van der Waals surface area contributed by atoms with Crippen LogP contribution in [0.1, 0.15) is 24.7 Å². The second-order valence-corrected chi connectivity index (χ2v) is 3.48. The lowest BCUT2D eigenvalue weighted by atomic mass is 10.3. The van der Waals surface area contributed by atoms with E-state index in [4.69, 9.17) is 4.42 Å². The lowest BCUT2D eigenvalue weighted by Crippen LogP contribution is -1.74. The van der Waals surface area contributed by atoms with Crippen LogP contribution >= 0.6 is 0 Å². The number of aromatic nitrogens is 1. The lowest BCUT2D eigenvalue weighted by Gasteiger charge is -1.87. The molecule has 0 spiro atoms. The average molecular weight is 175 g/mol. The molecule has 0 radical (unpaired) electrons. The summed E-state index contributed by atoms with van der Waals surface area (Å²) in [5.41, 5.74) is 1.52. The van der Waals surface area contributed by atoms with Gasteiger partial charge in [-0.3, -0.25) is 0 Å². The van der Waals surface area contributed by atoms with Crippen molar-refractivity contribution >= 4 is 11.1 Å². The second-order valence-electron chi connectivity index (χ2n) is 3.48. The summed E-state index contributed by atoms with van der Waals surface area (Å²) in [5.74, 6) is 1.57. The number of hydrogen-bond donors (Lipinski definition) is 1. The smallest absolute Gasteiger partial charge is 0.198 e. The Kier molecular flexibility index (Phi) is 1.20. The van der Waals surface area contributed by atoms with Gasteiger partial charge < -0.3 is 9.52 Å². The van der Waals surface area contributed by atoms with E-state index in [0.717, 1.165) is 11.4 Å². The number of oxazole rings is 1. The van der Waals surface area contributed by atoms with Gasteiger partial charge in [0.25, 0.3) is 0 Å². The number of benzene rings is 1. The fourth-order valence-corrected chi connectivity index (χ4v) is 1.44. The van der Waals surface area contributed by atoms with Crippen LogP contribution in [0.25, 0.3) is 11.1 Å². The van der Waals surface area contributed by atoms with Crippen LogP contribution in [0.5, 0.6) is 5.75 Å². The average Bonchev–Trinajstić information content (AvgIpc) is 2.87. The highest BCUT2D eigenvalue weighted by atomic mass is 16.3. The van der Waals surface area contributed by atoms with Crippen molar-refractivity contribution in [3.63, 3.8) is 0 Å². The SMILES string of the molecule is Oc1ccc2nc(C3CC3)oc2c1. The number of fused-ring (bicyclic) bond motifs is 1. The molecule has 3 nitrogen and oxygen atoms in total. The molecule has 0 bridgehead atoms. The van der Waals surface area contributed by atoms with Crippen LogP contribution in [0, 0.1) is 0 Å². The van der Waals surface area contributed by atoms with Crippen LogP contribution in [0.4, 0.5) is 0 Å². The largest absolute Gasteiger partial charge is 0.508 e. The Bertz CT molecular complexity index is 457. The second kappa shape index (κ2) is 2.25. The molecule has 1 aromatic carbocycles. The molecule has 1 aliphatic rings. The quantitative estimate of drug-likeness (QED) is 0.723. The number of aromatic hydroxyl groups is 1. The van der Waals surface area contributed by atoms with Gasteiger partial charge >= 0.3 is 0 Å². The fourth-order valence-electron chi connectivity index (χ4n) is 1.44. The van der Waals surface area contributed by atoms with Gasteiger partial charge in [-0.15, -0.1) is 0 Å². The first-order valence-electron chi connectivity index (χ1n) is 4.42. The maximum atomic E-state index is 9.21. The molecule has 1 saturated carbocycles. The van der Waals surface area contributed by atoms with Gasteiger partial charge in [0.1, 0.15) is 11.3 Å². The van der Waals surface area contributed by atoms with Crippen molar-refractivity contribution in [3.8, 4) is 5.75 Å². The maximum Gasteiger partial charge on any atom is 0.198 e. The maximum absolute atomic E-state index is 9.21. The molecule has 66 valence electrons. The molecule has 13 heavy (non-hydrogen) atoms. The molecule has 1 aromatic heterocycles. The minimum atomic E-state index is 0.228. The van der Waals surface area contributed by atoms with E-state index in [0.29, 0.717) is 11.5 Å². The Morgan fingerprint density at radius 2 is 2.23 bits per heavy atom. The standard InChI is InChI=1S/C10H9NO2/c12-7-3-4-8-9(5-7)13-10(11-8)6-1-2-6/h3-6,12H,1-2H2. The zero-order valence-corrected chi connectivity index (χ0v) is 7.03. The molecule has 0 atom stereocenters. The normalized spacial score (nSPS) is 16.6. The number of phenols is 1. The molecule has 0 unspecified atom stereocenters. The van der Waals surface area contributed by atoms with Crippen molar-refractivity contribution in [2.45, 2.75) is 18.8 Å². The van der Waals surface area contributed by atoms with Crippen LogP contribution in [-0.2, 0) is 0 Å². The molecule has 2 aromatic rings. The highest BCUT2D eigenvalue weighted by Crippen LogP contribution is 2.40. The van der Waals surface area contributed by atoms with E-state index in [9.17, 15) is 5.11 Å². The summed E-state index contributed by atoms with van der Waals surface area (Å²) in [6, 6.07) is 5.01. The summed E-state index contributed by atoms with van der Waals surface area (Å²) in [7, 11) is 0. The monoisotopic (exact) mass is 175 g/mol. The molecule has 0 saturated heterocycles. The highest BCUT2D eigenvalue weighted by Gasteiger charge is 2.28. The summed E-state index contributed by atoms with van der Waals surface area (Å²) >= 11 is 0. The molecule has 3 heteroatoms. The van der Waals surface area contributed by atoms with Crippen molar-refractivity contribution in [2.75, 3.05) is 0 Å².